The molecule has 1 aliphatic heterocycles. The van der Waals surface area contributed by atoms with Gasteiger partial charge in [0.25, 0.3) is 0 Å². The summed E-state index contributed by atoms with van der Waals surface area (Å²) in [6.45, 7) is 0.927. The lowest BCUT2D eigenvalue weighted by molar-refractivity contribution is 0.370. The zero-order chi connectivity index (χ0) is 17.3. The maximum absolute atomic E-state index is 10.1. The largest absolute Gasteiger partial charge is 0.504 e. The van der Waals surface area contributed by atoms with Crippen molar-refractivity contribution in [3.05, 3.63) is 48.1 Å². The first-order valence-corrected chi connectivity index (χ1v) is 9.84. The highest BCUT2D eigenvalue weighted by Gasteiger charge is 2.23. The normalized spacial score (nSPS) is 15.9. The predicted octanol–water partition coefficient (Wildman–Crippen LogP) is 4.47. The lowest BCUT2D eigenvalue weighted by Crippen LogP contribution is -2.31. The van der Waals surface area contributed by atoms with E-state index in [4.69, 9.17) is 9.47 Å². The van der Waals surface area contributed by atoms with Crippen molar-refractivity contribution in [2.75, 3.05) is 20.8 Å². The second-order valence-corrected chi connectivity index (χ2v) is 8.10. The number of benzene rings is 2. The van der Waals surface area contributed by atoms with Crippen molar-refractivity contribution in [1.82, 2.24) is 5.32 Å². The summed E-state index contributed by atoms with van der Waals surface area (Å²) in [7, 11) is 3.29. The second kappa shape index (κ2) is 8.96. The fourth-order valence-electron chi connectivity index (χ4n) is 3.17. The molecule has 0 aromatic heterocycles. The number of hydrogen-bond acceptors (Lipinski definition) is 4. The summed E-state index contributed by atoms with van der Waals surface area (Å²) < 4.78 is 12.9. The fourth-order valence-corrected chi connectivity index (χ4v) is 5.50. The fraction of sp³-hybridized carbons (Fsp3) is 0.333. The molecule has 0 amide bonds. The molecule has 4 nitrogen and oxygen atoms in total. The van der Waals surface area contributed by atoms with Gasteiger partial charge in [-0.1, -0.05) is 0 Å². The number of methoxy groups -OCH3 is 2. The zero-order valence-electron chi connectivity index (χ0n) is 13.9. The van der Waals surface area contributed by atoms with Gasteiger partial charge in [0.2, 0.25) is 0 Å². The average molecular weight is 588 g/mol. The minimum Gasteiger partial charge on any atom is -0.504 e. The number of nitrogens with one attached hydrogen (secondary N) is 1. The van der Waals surface area contributed by atoms with Gasteiger partial charge in [0.15, 0.2) is 11.5 Å². The van der Waals surface area contributed by atoms with Gasteiger partial charge in [-0.05, 0) is 106 Å². The van der Waals surface area contributed by atoms with Crippen LogP contribution in [0.1, 0.15) is 22.7 Å². The van der Waals surface area contributed by atoms with Crippen LogP contribution >= 0.6 is 57.6 Å². The predicted molar refractivity (Wildman–Crippen MR) is 118 cm³/mol. The van der Waals surface area contributed by atoms with E-state index in [0.717, 1.165) is 37.8 Å². The van der Waals surface area contributed by atoms with E-state index in [1.54, 1.807) is 14.2 Å². The van der Waals surface area contributed by atoms with Gasteiger partial charge in [0.1, 0.15) is 5.75 Å². The standard InChI is InChI=1S/C18H19I2NO3.ClH/c1-23-17-8-11-3-4-21-15(12(11)9-16(17)22)7-10-5-13(19)18(24-2)14(20)6-10;/h5-6,8-9,15,21-22H,3-4,7H2,1-2H3;1H/t15-;/m1./s1. The smallest absolute Gasteiger partial charge is 0.160 e. The lowest BCUT2D eigenvalue weighted by atomic mass is 9.90. The van der Waals surface area contributed by atoms with Crippen LogP contribution in [0.4, 0.5) is 0 Å². The number of phenols is 1. The number of aromatic hydroxyl groups is 1. The van der Waals surface area contributed by atoms with Crippen LogP contribution in [0.5, 0.6) is 17.2 Å². The van der Waals surface area contributed by atoms with Crippen molar-refractivity contribution in [3.63, 3.8) is 0 Å². The van der Waals surface area contributed by atoms with Crippen LogP contribution in [-0.2, 0) is 12.8 Å². The summed E-state index contributed by atoms with van der Waals surface area (Å²) in [6, 6.07) is 8.32. The molecule has 0 unspecified atom stereocenters. The van der Waals surface area contributed by atoms with Gasteiger partial charge in [-0.2, -0.15) is 0 Å². The lowest BCUT2D eigenvalue weighted by Gasteiger charge is -2.28. The van der Waals surface area contributed by atoms with Crippen molar-refractivity contribution in [1.29, 1.82) is 0 Å². The first-order chi connectivity index (χ1) is 11.5. The SMILES string of the molecule is COc1cc2c(cc1O)[C@@H](Cc1cc(I)c(OC)c(I)c1)NCC2.Cl. The monoisotopic (exact) mass is 587 g/mol. The molecule has 25 heavy (non-hydrogen) atoms. The van der Waals surface area contributed by atoms with Crippen LogP contribution in [-0.4, -0.2) is 25.9 Å². The highest BCUT2D eigenvalue weighted by molar-refractivity contribution is 14.1. The molecule has 0 spiro atoms. The first kappa shape index (κ1) is 20.9. The van der Waals surface area contributed by atoms with Crippen LogP contribution in [0.3, 0.4) is 0 Å². The van der Waals surface area contributed by atoms with E-state index >= 15 is 0 Å². The van der Waals surface area contributed by atoms with Crippen molar-refractivity contribution in [2.24, 2.45) is 0 Å². The van der Waals surface area contributed by atoms with Crippen LogP contribution in [0.15, 0.2) is 24.3 Å². The molecule has 0 bridgehead atoms. The number of rotatable bonds is 4. The zero-order valence-corrected chi connectivity index (χ0v) is 19.1. The number of ether oxygens (including phenoxy) is 2. The second-order valence-electron chi connectivity index (χ2n) is 5.78. The Morgan fingerprint density at radius 2 is 1.80 bits per heavy atom. The van der Waals surface area contributed by atoms with Crippen molar-refractivity contribution in [3.8, 4) is 17.2 Å². The number of hydrogen-bond donors (Lipinski definition) is 2. The van der Waals surface area contributed by atoms with Crippen molar-refractivity contribution in [2.45, 2.75) is 18.9 Å². The number of halogens is 3. The van der Waals surface area contributed by atoms with Gasteiger partial charge in [0.05, 0.1) is 21.4 Å². The molecule has 0 aliphatic carbocycles. The van der Waals surface area contributed by atoms with E-state index in [9.17, 15) is 5.11 Å². The molecule has 0 fully saturated rings. The van der Waals surface area contributed by atoms with Gasteiger partial charge in [-0.3, -0.25) is 0 Å². The maximum Gasteiger partial charge on any atom is 0.160 e. The van der Waals surface area contributed by atoms with Crippen LogP contribution in [0.2, 0.25) is 0 Å². The Hall–Kier alpha value is -0.450. The molecule has 136 valence electrons. The Balaban J connectivity index is 0.00000225. The number of fused-ring (bicyclic) bond motifs is 1. The Bertz CT molecular complexity index is 747. The van der Waals surface area contributed by atoms with E-state index in [2.05, 4.69) is 62.6 Å². The summed E-state index contributed by atoms with van der Waals surface area (Å²) >= 11 is 4.63. The molecule has 1 heterocycles. The molecule has 7 heteroatoms. The third kappa shape index (κ3) is 4.45. The molecule has 3 rings (SSSR count). The quantitative estimate of drug-likeness (QED) is 0.519. The first-order valence-electron chi connectivity index (χ1n) is 7.68. The van der Waals surface area contributed by atoms with E-state index in [0.29, 0.717) is 5.75 Å². The van der Waals surface area contributed by atoms with Crippen LogP contribution in [0, 0.1) is 7.14 Å². The van der Waals surface area contributed by atoms with Crippen molar-refractivity contribution < 1.29 is 14.6 Å². The van der Waals surface area contributed by atoms with E-state index < -0.39 is 0 Å². The Kier molecular flexibility index (Phi) is 7.48. The summed E-state index contributed by atoms with van der Waals surface area (Å²) in [5, 5.41) is 13.7. The number of phenolic OH excluding ortho intramolecular Hbond substituents is 1. The minimum atomic E-state index is 0. The summed E-state index contributed by atoms with van der Waals surface area (Å²) in [4.78, 5) is 0. The summed E-state index contributed by atoms with van der Waals surface area (Å²) in [6.07, 6.45) is 1.81. The molecule has 2 aromatic carbocycles. The highest BCUT2D eigenvalue weighted by Crippen LogP contribution is 2.36. The molecule has 0 radical (unpaired) electrons. The molecule has 0 saturated carbocycles. The van der Waals surface area contributed by atoms with E-state index in [1.165, 1.54) is 11.1 Å². The average Bonchev–Trinajstić information content (AvgIpc) is 2.54. The molecule has 0 saturated heterocycles. The van der Waals surface area contributed by atoms with Crippen LogP contribution in [0.25, 0.3) is 0 Å². The highest BCUT2D eigenvalue weighted by atomic mass is 127. The van der Waals surface area contributed by atoms with E-state index in [-0.39, 0.29) is 24.2 Å². The molecule has 2 N–H and O–H groups in total. The van der Waals surface area contributed by atoms with Gasteiger partial charge in [0, 0.05) is 6.04 Å². The molecule has 2 aromatic rings. The van der Waals surface area contributed by atoms with E-state index in [1.807, 2.05) is 12.1 Å². The Morgan fingerprint density at radius 1 is 1.12 bits per heavy atom. The summed E-state index contributed by atoms with van der Waals surface area (Å²) in [5.74, 6) is 1.67. The molecular formula is C18H20ClI2NO3. The molecule has 1 atom stereocenters. The summed E-state index contributed by atoms with van der Waals surface area (Å²) in [5.41, 5.74) is 3.65. The topological polar surface area (TPSA) is 50.7 Å². The van der Waals surface area contributed by atoms with Gasteiger partial charge < -0.3 is 19.9 Å². The van der Waals surface area contributed by atoms with Gasteiger partial charge in [-0.25, -0.2) is 0 Å². The van der Waals surface area contributed by atoms with Crippen molar-refractivity contribution >= 4 is 57.6 Å². The van der Waals surface area contributed by atoms with Crippen LogP contribution < -0.4 is 14.8 Å². The van der Waals surface area contributed by atoms with Gasteiger partial charge in [-0.15, -0.1) is 12.4 Å². The maximum atomic E-state index is 10.1. The third-order valence-electron chi connectivity index (χ3n) is 4.30. The van der Waals surface area contributed by atoms with Gasteiger partial charge >= 0.3 is 0 Å². The molecule has 1 aliphatic rings. The third-order valence-corrected chi connectivity index (χ3v) is 5.91. The Labute approximate surface area is 181 Å². The Morgan fingerprint density at radius 3 is 2.40 bits per heavy atom. The molecular weight excluding hydrogens is 567 g/mol. The minimum absolute atomic E-state index is 0.